The summed E-state index contributed by atoms with van der Waals surface area (Å²) in [6.45, 7) is 8.38. The number of allylic oxidation sites excluding steroid dienone is 2. The second-order valence-corrected chi connectivity index (χ2v) is 4.91. The van der Waals surface area contributed by atoms with E-state index in [1.165, 1.54) is 0 Å². The molecule has 2 nitrogen and oxygen atoms in total. The van der Waals surface area contributed by atoms with Gasteiger partial charge in [0, 0.05) is 11.6 Å². The van der Waals surface area contributed by atoms with Crippen LogP contribution in [0, 0.1) is 11.3 Å². The summed E-state index contributed by atoms with van der Waals surface area (Å²) < 4.78 is 0. The molecule has 0 heterocycles. The molecule has 1 unspecified atom stereocenters. The molecule has 0 spiro atoms. The molecule has 1 amide bonds. The second kappa shape index (κ2) is 4.16. The standard InChI is InChI=1S/C12H21NO/c1-5-6-7-9(2)13-11(14)10-8-12(10,3)4/h7,10H,5-6,8H2,1-4H3,(H,13,14). The first-order chi connectivity index (χ1) is 6.47. The summed E-state index contributed by atoms with van der Waals surface area (Å²) in [5.74, 6) is 0.423. The van der Waals surface area contributed by atoms with Crippen molar-refractivity contribution in [2.24, 2.45) is 11.3 Å². The van der Waals surface area contributed by atoms with Gasteiger partial charge in [0.15, 0.2) is 0 Å². The van der Waals surface area contributed by atoms with Crippen LogP contribution in [-0.2, 0) is 4.79 Å². The van der Waals surface area contributed by atoms with Crippen molar-refractivity contribution in [1.82, 2.24) is 5.32 Å². The molecule has 1 fully saturated rings. The number of rotatable bonds is 4. The van der Waals surface area contributed by atoms with E-state index in [9.17, 15) is 4.79 Å². The monoisotopic (exact) mass is 195 g/mol. The lowest BCUT2D eigenvalue weighted by atomic mass is 10.1. The number of hydrogen-bond acceptors (Lipinski definition) is 1. The molecule has 0 radical (unpaired) electrons. The van der Waals surface area contributed by atoms with Gasteiger partial charge in [0.25, 0.3) is 0 Å². The van der Waals surface area contributed by atoms with E-state index >= 15 is 0 Å². The fourth-order valence-electron chi connectivity index (χ4n) is 1.61. The highest BCUT2D eigenvalue weighted by molar-refractivity contribution is 5.83. The molecule has 14 heavy (non-hydrogen) atoms. The molecule has 0 saturated heterocycles. The smallest absolute Gasteiger partial charge is 0.227 e. The normalized spacial score (nSPS) is 24.6. The average Bonchev–Trinajstić information content (AvgIpc) is 2.72. The van der Waals surface area contributed by atoms with Crippen LogP contribution in [0.25, 0.3) is 0 Å². The van der Waals surface area contributed by atoms with E-state index in [1.807, 2.05) is 6.92 Å². The number of nitrogens with one attached hydrogen (secondary N) is 1. The van der Waals surface area contributed by atoms with Crippen LogP contribution in [0.1, 0.15) is 47.0 Å². The summed E-state index contributed by atoms with van der Waals surface area (Å²) in [5.41, 5.74) is 1.23. The summed E-state index contributed by atoms with van der Waals surface area (Å²) in [6, 6.07) is 0. The van der Waals surface area contributed by atoms with E-state index in [2.05, 4.69) is 32.2 Å². The third kappa shape index (κ3) is 2.86. The topological polar surface area (TPSA) is 29.1 Å². The third-order valence-corrected chi connectivity index (χ3v) is 2.89. The van der Waals surface area contributed by atoms with Gasteiger partial charge in [-0.05, 0) is 25.2 Å². The summed E-state index contributed by atoms with van der Waals surface area (Å²) >= 11 is 0. The van der Waals surface area contributed by atoms with Gasteiger partial charge < -0.3 is 5.32 Å². The number of unbranched alkanes of at least 4 members (excludes halogenated alkanes) is 1. The Bertz CT molecular complexity index is 253. The first-order valence-electron chi connectivity index (χ1n) is 5.45. The fraction of sp³-hybridized carbons (Fsp3) is 0.750. The summed E-state index contributed by atoms with van der Waals surface area (Å²) in [7, 11) is 0. The second-order valence-electron chi connectivity index (χ2n) is 4.91. The minimum absolute atomic E-state index is 0.194. The van der Waals surface area contributed by atoms with Gasteiger partial charge in [-0.1, -0.05) is 33.3 Å². The predicted molar refractivity (Wildman–Crippen MR) is 58.7 cm³/mol. The number of hydrogen-bond donors (Lipinski definition) is 1. The Balaban J connectivity index is 2.35. The quantitative estimate of drug-likeness (QED) is 0.734. The Morgan fingerprint density at radius 1 is 1.57 bits per heavy atom. The van der Waals surface area contributed by atoms with Gasteiger partial charge >= 0.3 is 0 Å². The van der Waals surface area contributed by atoms with Crippen molar-refractivity contribution in [3.8, 4) is 0 Å². The van der Waals surface area contributed by atoms with Gasteiger partial charge in [-0.2, -0.15) is 0 Å². The minimum atomic E-state index is 0.194. The summed E-state index contributed by atoms with van der Waals surface area (Å²) in [5, 5.41) is 2.95. The largest absolute Gasteiger partial charge is 0.330 e. The Labute approximate surface area is 86.8 Å². The lowest BCUT2D eigenvalue weighted by Crippen LogP contribution is -2.24. The zero-order valence-corrected chi connectivity index (χ0v) is 9.68. The first-order valence-corrected chi connectivity index (χ1v) is 5.45. The number of carbonyl (C=O) groups is 1. The fourth-order valence-corrected chi connectivity index (χ4v) is 1.61. The van der Waals surface area contributed by atoms with Crippen molar-refractivity contribution in [3.05, 3.63) is 11.8 Å². The molecule has 1 aliphatic rings. The van der Waals surface area contributed by atoms with E-state index in [0.29, 0.717) is 0 Å². The molecule has 1 atom stereocenters. The molecule has 2 heteroatoms. The van der Waals surface area contributed by atoms with Gasteiger partial charge in [0.1, 0.15) is 0 Å². The molecule has 0 bridgehead atoms. The van der Waals surface area contributed by atoms with Crippen LogP contribution in [0.2, 0.25) is 0 Å². The predicted octanol–water partition coefficient (Wildman–Crippen LogP) is 2.85. The van der Waals surface area contributed by atoms with Crippen molar-refractivity contribution in [3.63, 3.8) is 0 Å². The first kappa shape index (κ1) is 11.3. The Kier molecular flexibility index (Phi) is 3.35. The highest BCUT2D eigenvalue weighted by atomic mass is 16.2. The van der Waals surface area contributed by atoms with Gasteiger partial charge in [0.2, 0.25) is 5.91 Å². The zero-order chi connectivity index (χ0) is 10.8. The van der Waals surface area contributed by atoms with Crippen LogP contribution in [-0.4, -0.2) is 5.91 Å². The van der Waals surface area contributed by atoms with Gasteiger partial charge in [-0.15, -0.1) is 0 Å². The highest BCUT2D eigenvalue weighted by Crippen LogP contribution is 2.51. The molecule has 1 saturated carbocycles. The molecule has 0 aromatic carbocycles. The van der Waals surface area contributed by atoms with E-state index in [4.69, 9.17) is 0 Å². The van der Waals surface area contributed by atoms with Crippen molar-refractivity contribution in [1.29, 1.82) is 0 Å². The lowest BCUT2D eigenvalue weighted by Gasteiger charge is -2.06. The molecular formula is C12H21NO. The molecule has 0 aliphatic heterocycles. The maximum Gasteiger partial charge on any atom is 0.227 e. The van der Waals surface area contributed by atoms with Crippen LogP contribution in [0.15, 0.2) is 11.8 Å². The third-order valence-electron chi connectivity index (χ3n) is 2.89. The Morgan fingerprint density at radius 2 is 2.14 bits per heavy atom. The van der Waals surface area contributed by atoms with E-state index < -0.39 is 0 Å². The van der Waals surface area contributed by atoms with E-state index in [1.54, 1.807) is 0 Å². The zero-order valence-electron chi connectivity index (χ0n) is 9.68. The van der Waals surface area contributed by atoms with E-state index in [-0.39, 0.29) is 17.2 Å². The maximum atomic E-state index is 11.6. The van der Waals surface area contributed by atoms with Crippen molar-refractivity contribution >= 4 is 5.91 Å². The van der Waals surface area contributed by atoms with Crippen molar-refractivity contribution < 1.29 is 4.79 Å². The van der Waals surface area contributed by atoms with Crippen molar-refractivity contribution in [2.75, 3.05) is 0 Å². The average molecular weight is 195 g/mol. The van der Waals surface area contributed by atoms with Crippen LogP contribution in [0.5, 0.6) is 0 Å². The molecule has 1 rings (SSSR count). The number of carbonyl (C=O) groups excluding carboxylic acids is 1. The highest BCUT2D eigenvalue weighted by Gasteiger charge is 2.50. The summed E-state index contributed by atoms with van der Waals surface area (Å²) in [4.78, 5) is 11.6. The Hall–Kier alpha value is -0.790. The van der Waals surface area contributed by atoms with Crippen LogP contribution in [0.4, 0.5) is 0 Å². The molecule has 0 aromatic heterocycles. The van der Waals surface area contributed by atoms with Crippen LogP contribution >= 0.6 is 0 Å². The van der Waals surface area contributed by atoms with Crippen molar-refractivity contribution in [2.45, 2.75) is 47.0 Å². The molecule has 0 aromatic rings. The van der Waals surface area contributed by atoms with Crippen LogP contribution < -0.4 is 5.32 Å². The number of amides is 1. The summed E-state index contributed by atoms with van der Waals surface area (Å²) in [6.07, 6.45) is 5.29. The molecule has 1 N–H and O–H groups in total. The minimum Gasteiger partial charge on any atom is -0.330 e. The maximum absolute atomic E-state index is 11.6. The van der Waals surface area contributed by atoms with Gasteiger partial charge in [-0.3, -0.25) is 4.79 Å². The van der Waals surface area contributed by atoms with Gasteiger partial charge in [0.05, 0.1) is 0 Å². The SMILES string of the molecule is CCCC=C(C)NC(=O)C1CC1(C)C. The molecule has 1 aliphatic carbocycles. The van der Waals surface area contributed by atoms with Gasteiger partial charge in [-0.25, -0.2) is 0 Å². The Morgan fingerprint density at radius 3 is 2.57 bits per heavy atom. The lowest BCUT2D eigenvalue weighted by molar-refractivity contribution is -0.122. The van der Waals surface area contributed by atoms with Crippen LogP contribution in [0.3, 0.4) is 0 Å². The molecular weight excluding hydrogens is 174 g/mol. The van der Waals surface area contributed by atoms with E-state index in [0.717, 1.165) is 25.0 Å². The molecule has 80 valence electrons.